The predicted octanol–water partition coefficient (Wildman–Crippen LogP) is 15.5. The molecule has 0 amide bonds. The van der Waals surface area contributed by atoms with E-state index in [-0.39, 0.29) is 21.7 Å². The highest BCUT2D eigenvalue weighted by atomic mass is 32.1. The molecule has 0 unspecified atom stereocenters. The van der Waals surface area contributed by atoms with Crippen LogP contribution in [0.25, 0.3) is 81.0 Å². The van der Waals surface area contributed by atoms with Crippen molar-refractivity contribution >= 4 is 82.9 Å². The van der Waals surface area contributed by atoms with Crippen LogP contribution < -0.4 is 16.2 Å². The summed E-state index contributed by atoms with van der Waals surface area (Å²) in [6.07, 6.45) is 0. The second-order valence-corrected chi connectivity index (χ2v) is 23.8. The number of hydrogen-bond donors (Lipinski definition) is 1. The maximum Gasteiger partial charge on any atom is 0.198 e. The molecule has 1 N–H and O–H groups in total. The molecule has 66 heavy (non-hydrogen) atoms. The Kier molecular flexibility index (Phi) is 7.97. The second kappa shape index (κ2) is 13.2. The van der Waals surface area contributed by atoms with Gasteiger partial charge in [-0.25, -0.2) is 0 Å². The molecule has 3 heterocycles. The lowest BCUT2D eigenvalue weighted by molar-refractivity contribution is 0.589. The van der Waals surface area contributed by atoms with Gasteiger partial charge in [0.05, 0.1) is 5.52 Å². The molecule has 8 aromatic carbocycles. The van der Waals surface area contributed by atoms with Crippen LogP contribution in [0.3, 0.4) is 0 Å². The Hall–Kier alpha value is -6.36. The summed E-state index contributed by atoms with van der Waals surface area (Å²) in [7, 11) is 0.851. The standard InChI is InChI=1S/C62H55BN2S/c1-59(2,3)34-19-22-36(23-20-34)64-52-32-50-42(41-27-35(60(4,5)6)21-26-48(41)62(50,9)10)28-44(52)39-24-25-40-45-29-49-43(37-15-11-13-17-47(37)61(49,7)8)30-53(45)65-54-31-46-38-16-12-14-18-55(38)66-56(46)33-51(54)63-57(39)58(40)65/h11-33,63-64H,1-10H3. The molecule has 322 valence electrons. The number of nitrogens with one attached hydrogen (secondary N) is 1. The number of hydrogen-bond acceptors (Lipinski definition) is 2. The van der Waals surface area contributed by atoms with Crippen molar-refractivity contribution in [3.8, 4) is 39.1 Å². The van der Waals surface area contributed by atoms with E-state index in [2.05, 4.69) is 219 Å². The molecule has 2 nitrogen and oxygen atoms in total. The number of fused-ring (bicyclic) bond motifs is 14. The molecular formula is C62H55BN2S. The molecule has 0 atom stereocenters. The molecule has 13 rings (SSSR count). The first-order valence-corrected chi connectivity index (χ1v) is 24.7. The highest BCUT2D eigenvalue weighted by Crippen LogP contribution is 2.54. The summed E-state index contributed by atoms with van der Waals surface area (Å²) in [5.74, 6) is 0. The molecule has 0 fully saturated rings. The molecule has 0 spiro atoms. The van der Waals surface area contributed by atoms with Gasteiger partial charge in [-0.15, -0.1) is 11.3 Å². The zero-order chi connectivity index (χ0) is 45.4. The summed E-state index contributed by atoms with van der Waals surface area (Å²) >= 11 is 1.92. The molecule has 0 saturated carbocycles. The third-order valence-electron chi connectivity index (χ3n) is 15.9. The van der Waals surface area contributed by atoms with Crippen LogP contribution in [0.15, 0.2) is 140 Å². The quantitative estimate of drug-likeness (QED) is 0.175. The normalized spacial score (nSPS) is 15.2. The van der Waals surface area contributed by atoms with E-state index in [0.29, 0.717) is 0 Å². The molecule has 2 aliphatic carbocycles. The molecule has 0 saturated heterocycles. The molecule has 2 aromatic heterocycles. The van der Waals surface area contributed by atoms with E-state index in [1.54, 1.807) is 0 Å². The number of rotatable bonds is 3. The van der Waals surface area contributed by atoms with Crippen LogP contribution in [0, 0.1) is 0 Å². The van der Waals surface area contributed by atoms with Crippen molar-refractivity contribution in [2.75, 3.05) is 5.32 Å². The third-order valence-corrected chi connectivity index (χ3v) is 17.1. The van der Waals surface area contributed by atoms with Gasteiger partial charge in [-0.3, -0.25) is 0 Å². The van der Waals surface area contributed by atoms with Gasteiger partial charge >= 0.3 is 0 Å². The van der Waals surface area contributed by atoms with E-state index in [1.165, 1.54) is 125 Å². The first-order chi connectivity index (χ1) is 31.5. The van der Waals surface area contributed by atoms with E-state index < -0.39 is 0 Å². The highest BCUT2D eigenvalue weighted by molar-refractivity contribution is 7.26. The van der Waals surface area contributed by atoms with Gasteiger partial charge in [-0.05, 0) is 132 Å². The minimum atomic E-state index is -0.155. The SMILES string of the molecule is CC(C)(C)c1ccc(Nc2cc3c(cc2-c2ccc4c5cc6c(cc5n5c4c2Bc2cc4sc7ccccc7c4cc2-5)-c2ccccc2C6(C)C)-c2cc(C(C)(C)C)ccc2C3(C)C)cc1. The first-order valence-electron chi connectivity index (χ1n) is 23.9. The van der Waals surface area contributed by atoms with Crippen LogP contribution in [0.4, 0.5) is 11.4 Å². The molecule has 1 aliphatic heterocycles. The summed E-state index contributed by atoms with van der Waals surface area (Å²) in [6.45, 7) is 23.5. The predicted molar refractivity (Wildman–Crippen MR) is 288 cm³/mol. The Morgan fingerprint density at radius 3 is 1.92 bits per heavy atom. The van der Waals surface area contributed by atoms with E-state index in [9.17, 15) is 0 Å². The summed E-state index contributed by atoms with van der Waals surface area (Å²) in [5, 5.41) is 9.38. The van der Waals surface area contributed by atoms with Gasteiger partial charge in [0.2, 0.25) is 0 Å². The molecule has 0 radical (unpaired) electrons. The third kappa shape index (κ3) is 5.48. The van der Waals surface area contributed by atoms with Gasteiger partial charge in [-0.1, -0.05) is 160 Å². The summed E-state index contributed by atoms with van der Waals surface area (Å²) in [4.78, 5) is 0. The Labute approximate surface area is 393 Å². The molecule has 3 aliphatic rings. The number of benzene rings is 8. The first kappa shape index (κ1) is 40.0. The monoisotopic (exact) mass is 870 g/mol. The number of nitrogens with zero attached hydrogens (tertiary/aromatic N) is 1. The lowest BCUT2D eigenvalue weighted by Gasteiger charge is -2.26. The summed E-state index contributed by atoms with van der Waals surface area (Å²) in [5.41, 5.74) is 25.1. The van der Waals surface area contributed by atoms with E-state index >= 15 is 0 Å². The summed E-state index contributed by atoms with van der Waals surface area (Å²) < 4.78 is 5.35. The fourth-order valence-corrected chi connectivity index (χ4v) is 13.3. The zero-order valence-electron chi connectivity index (χ0n) is 39.8. The van der Waals surface area contributed by atoms with Crippen LogP contribution in [0.2, 0.25) is 0 Å². The van der Waals surface area contributed by atoms with Crippen molar-refractivity contribution in [3.63, 3.8) is 0 Å². The van der Waals surface area contributed by atoms with E-state index in [4.69, 9.17) is 0 Å². The number of anilines is 2. The van der Waals surface area contributed by atoms with Crippen molar-refractivity contribution in [1.29, 1.82) is 0 Å². The maximum absolute atomic E-state index is 4.04. The molecule has 0 bridgehead atoms. The average Bonchev–Trinajstić information content (AvgIpc) is 3.95. The van der Waals surface area contributed by atoms with E-state index in [0.717, 1.165) is 18.7 Å². The van der Waals surface area contributed by atoms with Crippen molar-refractivity contribution < 1.29 is 0 Å². The highest BCUT2D eigenvalue weighted by Gasteiger charge is 2.39. The van der Waals surface area contributed by atoms with Crippen molar-refractivity contribution in [2.45, 2.75) is 90.9 Å². The molecule has 10 aromatic rings. The Bertz CT molecular complexity index is 3770. The second-order valence-electron chi connectivity index (χ2n) is 22.7. The van der Waals surface area contributed by atoms with Crippen molar-refractivity contribution in [3.05, 3.63) is 173 Å². The lowest BCUT2D eigenvalue weighted by Crippen LogP contribution is -2.37. The number of thiophene rings is 1. The van der Waals surface area contributed by atoms with Gasteiger partial charge in [0.1, 0.15) is 0 Å². The minimum absolute atomic E-state index is 0.0405. The van der Waals surface area contributed by atoms with Crippen LogP contribution >= 0.6 is 11.3 Å². The van der Waals surface area contributed by atoms with Gasteiger partial charge in [0.25, 0.3) is 0 Å². The number of aromatic nitrogens is 1. The Balaban J connectivity index is 1.11. The van der Waals surface area contributed by atoms with Crippen LogP contribution in [-0.2, 0) is 21.7 Å². The molecular weight excluding hydrogens is 816 g/mol. The maximum atomic E-state index is 4.04. The topological polar surface area (TPSA) is 17.0 Å². The zero-order valence-corrected chi connectivity index (χ0v) is 40.7. The van der Waals surface area contributed by atoms with Gasteiger partial charge in [-0.2, -0.15) is 0 Å². The summed E-state index contributed by atoms with van der Waals surface area (Å²) in [6, 6.07) is 54.4. The molecule has 4 heteroatoms. The lowest BCUT2D eigenvalue weighted by atomic mass is 9.59. The Morgan fingerprint density at radius 1 is 0.485 bits per heavy atom. The van der Waals surface area contributed by atoms with Crippen LogP contribution in [0.1, 0.15) is 103 Å². The van der Waals surface area contributed by atoms with Crippen molar-refractivity contribution in [1.82, 2.24) is 4.57 Å². The average molecular weight is 871 g/mol. The van der Waals surface area contributed by atoms with Gasteiger partial charge < -0.3 is 9.88 Å². The fraction of sp³-hybridized carbons (Fsp3) is 0.226. The van der Waals surface area contributed by atoms with Crippen LogP contribution in [-0.4, -0.2) is 11.8 Å². The van der Waals surface area contributed by atoms with Gasteiger partial charge in [0, 0.05) is 69.9 Å². The van der Waals surface area contributed by atoms with Gasteiger partial charge in [0.15, 0.2) is 7.28 Å². The minimum Gasteiger partial charge on any atom is -0.355 e. The van der Waals surface area contributed by atoms with Crippen LogP contribution in [0.5, 0.6) is 0 Å². The van der Waals surface area contributed by atoms with Crippen molar-refractivity contribution in [2.24, 2.45) is 0 Å². The van der Waals surface area contributed by atoms with E-state index in [1.807, 2.05) is 11.3 Å². The Morgan fingerprint density at radius 2 is 1.15 bits per heavy atom. The largest absolute Gasteiger partial charge is 0.355 e. The fourth-order valence-electron chi connectivity index (χ4n) is 12.2. The smallest absolute Gasteiger partial charge is 0.198 e.